The van der Waals surface area contributed by atoms with Crippen LogP contribution in [0.15, 0.2) is 0 Å². The van der Waals surface area contributed by atoms with Crippen LogP contribution in [-0.4, -0.2) is 31.1 Å². The molecule has 0 heterocycles. The van der Waals surface area contributed by atoms with Crippen LogP contribution in [0.5, 0.6) is 0 Å². The van der Waals surface area contributed by atoms with E-state index in [0.29, 0.717) is 0 Å². The molecule has 0 atom stereocenters. The van der Waals surface area contributed by atoms with E-state index in [9.17, 15) is 0 Å². The topological polar surface area (TPSA) is 15.3 Å². The Morgan fingerprint density at radius 2 is 1.75 bits per heavy atom. The molecule has 0 fully saturated rings. The van der Waals surface area contributed by atoms with Crippen LogP contribution < -0.4 is 5.32 Å². The van der Waals surface area contributed by atoms with Crippen molar-refractivity contribution in [2.75, 3.05) is 31.5 Å². The Labute approximate surface area is 108 Å². The lowest BCUT2D eigenvalue weighted by molar-refractivity contribution is 0.303. The number of rotatable bonds is 7. The quantitative estimate of drug-likeness (QED) is 0.593. The standard InChI is InChI=1S/C12H20N2S2/c1-4-14(5-2)8-6-7-13-10-9(3)11(15)12(10)16/h13H,4-8H2,1-3H3. The van der Waals surface area contributed by atoms with Gasteiger partial charge in [0.2, 0.25) is 0 Å². The first-order chi connectivity index (χ1) is 7.61. The van der Waals surface area contributed by atoms with Crippen LogP contribution in [0.4, 0.5) is 5.69 Å². The summed E-state index contributed by atoms with van der Waals surface area (Å²) in [6.45, 7) is 10.8. The third-order valence-electron chi connectivity index (χ3n) is 3.00. The van der Waals surface area contributed by atoms with Crippen molar-refractivity contribution in [3.8, 4) is 0 Å². The Balaban J connectivity index is 2.27. The van der Waals surface area contributed by atoms with Gasteiger partial charge in [-0.1, -0.05) is 38.3 Å². The van der Waals surface area contributed by atoms with Gasteiger partial charge in [0.1, 0.15) is 0 Å². The van der Waals surface area contributed by atoms with Crippen LogP contribution in [0.25, 0.3) is 0 Å². The van der Waals surface area contributed by atoms with Gasteiger partial charge in [-0.15, -0.1) is 0 Å². The molecule has 0 saturated heterocycles. The molecular formula is C12H20N2S2. The van der Waals surface area contributed by atoms with Gasteiger partial charge in [0.15, 0.2) is 0 Å². The van der Waals surface area contributed by atoms with Crippen LogP contribution in [0.2, 0.25) is 0 Å². The average Bonchev–Trinajstić information content (AvgIpc) is 2.32. The van der Waals surface area contributed by atoms with E-state index in [0.717, 1.165) is 52.9 Å². The van der Waals surface area contributed by atoms with Crippen molar-refractivity contribution >= 4 is 30.1 Å². The molecule has 0 aliphatic carbocycles. The van der Waals surface area contributed by atoms with Crippen LogP contribution >= 0.6 is 24.4 Å². The molecule has 0 unspecified atom stereocenters. The highest BCUT2D eigenvalue weighted by Crippen LogP contribution is 2.24. The minimum Gasteiger partial charge on any atom is -0.384 e. The van der Waals surface area contributed by atoms with Gasteiger partial charge in [-0.25, -0.2) is 0 Å². The fraction of sp³-hybridized carbons (Fsp3) is 0.667. The molecule has 0 bridgehead atoms. The van der Waals surface area contributed by atoms with Crippen molar-refractivity contribution in [3.05, 3.63) is 14.6 Å². The molecule has 2 nitrogen and oxygen atoms in total. The van der Waals surface area contributed by atoms with E-state index in [-0.39, 0.29) is 0 Å². The Hall–Kier alpha value is -0.320. The Morgan fingerprint density at radius 3 is 2.25 bits per heavy atom. The van der Waals surface area contributed by atoms with Crippen molar-refractivity contribution < 1.29 is 0 Å². The van der Waals surface area contributed by atoms with Crippen molar-refractivity contribution in [1.29, 1.82) is 0 Å². The molecule has 0 saturated carbocycles. The maximum absolute atomic E-state index is 5.18. The molecule has 0 aliphatic heterocycles. The molecule has 0 radical (unpaired) electrons. The van der Waals surface area contributed by atoms with E-state index in [1.54, 1.807) is 0 Å². The summed E-state index contributed by atoms with van der Waals surface area (Å²) in [6.07, 6.45) is 1.15. The molecule has 1 rings (SSSR count). The zero-order valence-corrected chi connectivity index (χ0v) is 11.9. The van der Waals surface area contributed by atoms with E-state index >= 15 is 0 Å². The zero-order valence-electron chi connectivity index (χ0n) is 10.3. The summed E-state index contributed by atoms with van der Waals surface area (Å²) in [5, 5.41) is 3.38. The van der Waals surface area contributed by atoms with E-state index < -0.39 is 0 Å². The minimum absolute atomic E-state index is 0.843. The third-order valence-corrected chi connectivity index (χ3v) is 4.04. The largest absolute Gasteiger partial charge is 0.384 e. The van der Waals surface area contributed by atoms with Crippen LogP contribution in [0.1, 0.15) is 25.8 Å². The number of anilines is 1. The Kier molecular flexibility index (Phi) is 5.52. The van der Waals surface area contributed by atoms with Crippen LogP contribution in [-0.2, 0) is 0 Å². The van der Waals surface area contributed by atoms with E-state index in [4.69, 9.17) is 24.4 Å². The fourth-order valence-corrected chi connectivity index (χ4v) is 2.36. The van der Waals surface area contributed by atoms with Gasteiger partial charge in [0, 0.05) is 6.54 Å². The summed E-state index contributed by atoms with van der Waals surface area (Å²) < 4.78 is 1.71. The maximum atomic E-state index is 5.18. The van der Waals surface area contributed by atoms with Crippen molar-refractivity contribution in [3.63, 3.8) is 0 Å². The van der Waals surface area contributed by atoms with E-state index in [1.807, 2.05) is 6.92 Å². The monoisotopic (exact) mass is 256 g/mol. The number of nitrogens with one attached hydrogen (secondary N) is 1. The number of hydrogen-bond donors (Lipinski definition) is 1. The first-order valence-corrected chi connectivity index (χ1v) is 6.69. The van der Waals surface area contributed by atoms with Gasteiger partial charge in [0.05, 0.1) is 14.7 Å². The average molecular weight is 256 g/mol. The second-order valence-electron chi connectivity index (χ2n) is 3.97. The predicted molar refractivity (Wildman–Crippen MR) is 76.1 cm³/mol. The highest BCUT2D eigenvalue weighted by atomic mass is 32.1. The minimum atomic E-state index is 0.843. The molecule has 1 aromatic rings. The molecule has 90 valence electrons. The summed E-state index contributed by atoms with van der Waals surface area (Å²) in [5.41, 5.74) is 2.25. The smallest absolute Gasteiger partial charge is 0.0795 e. The Morgan fingerprint density at radius 1 is 1.12 bits per heavy atom. The molecule has 0 aliphatic rings. The lowest BCUT2D eigenvalue weighted by atomic mass is 10.1. The molecule has 4 heteroatoms. The van der Waals surface area contributed by atoms with Crippen LogP contribution in [0.3, 0.4) is 0 Å². The van der Waals surface area contributed by atoms with Crippen molar-refractivity contribution in [2.45, 2.75) is 27.2 Å². The first kappa shape index (κ1) is 13.7. The summed E-state index contributed by atoms with van der Waals surface area (Å²) in [5.74, 6) is 0. The zero-order chi connectivity index (χ0) is 12.1. The third kappa shape index (κ3) is 3.09. The maximum Gasteiger partial charge on any atom is 0.0795 e. The molecule has 16 heavy (non-hydrogen) atoms. The molecule has 1 N–H and O–H groups in total. The molecule has 0 aromatic heterocycles. The second kappa shape index (κ2) is 6.42. The van der Waals surface area contributed by atoms with Gasteiger partial charge in [-0.05, 0) is 38.5 Å². The summed E-state index contributed by atoms with van der Waals surface area (Å²) >= 11 is 10.3. The van der Waals surface area contributed by atoms with Crippen molar-refractivity contribution in [1.82, 2.24) is 4.90 Å². The lowest BCUT2D eigenvalue weighted by Gasteiger charge is -2.19. The van der Waals surface area contributed by atoms with Crippen LogP contribution in [0, 0.1) is 15.9 Å². The summed E-state index contributed by atoms with van der Waals surface area (Å²) in [6, 6.07) is 0. The second-order valence-corrected chi connectivity index (χ2v) is 4.78. The molecule has 1 aromatic carbocycles. The molecule has 0 spiro atoms. The predicted octanol–water partition coefficient (Wildman–Crippen LogP) is 3.47. The van der Waals surface area contributed by atoms with Gasteiger partial charge in [0.25, 0.3) is 0 Å². The highest BCUT2D eigenvalue weighted by Gasteiger charge is 2.09. The molecule has 0 amide bonds. The number of nitrogens with zero attached hydrogens (tertiary/aromatic N) is 1. The Bertz CT molecular complexity index is 401. The number of hydrogen-bond acceptors (Lipinski definition) is 4. The van der Waals surface area contributed by atoms with Gasteiger partial charge in [-0.3, -0.25) is 0 Å². The molecular weight excluding hydrogens is 236 g/mol. The summed E-state index contributed by atoms with van der Waals surface area (Å²) in [4.78, 5) is 2.42. The van der Waals surface area contributed by atoms with Gasteiger partial charge >= 0.3 is 0 Å². The fourth-order valence-electron chi connectivity index (χ4n) is 1.77. The van der Waals surface area contributed by atoms with E-state index in [1.165, 1.54) is 0 Å². The van der Waals surface area contributed by atoms with Gasteiger partial charge < -0.3 is 10.2 Å². The normalized spacial score (nSPS) is 11.2. The first-order valence-electron chi connectivity index (χ1n) is 5.87. The summed E-state index contributed by atoms with van der Waals surface area (Å²) in [7, 11) is 0. The highest BCUT2D eigenvalue weighted by molar-refractivity contribution is 7.74. The lowest BCUT2D eigenvalue weighted by Crippen LogP contribution is -2.25. The SMILES string of the molecule is CCN(CC)CCCNc1c(C)c(=S)c1=S. The van der Waals surface area contributed by atoms with Crippen molar-refractivity contribution in [2.24, 2.45) is 0 Å². The van der Waals surface area contributed by atoms with E-state index in [2.05, 4.69) is 24.1 Å². The van der Waals surface area contributed by atoms with Gasteiger partial charge in [-0.2, -0.15) is 0 Å².